The Morgan fingerprint density at radius 3 is 2.67 bits per heavy atom. The molecular formula is C11H13BrN6. The fourth-order valence-corrected chi connectivity index (χ4v) is 1.64. The minimum Gasteiger partial charge on any atom is -0.347 e. The fourth-order valence-electron chi connectivity index (χ4n) is 1.31. The summed E-state index contributed by atoms with van der Waals surface area (Å²) in [5.41, 5.74) is 0.803. The van der Waals surface area contributed by atoms with E-state index in [0.29, 0.717) is 5.95 Å². The summed E-state index contributed by atoms with van der Waals surface area (Å²) in [7, 11) is 5.64. The van der Waals surface area contributed by atoms with Gasteiger partial charge in [0.15, 0.2) is 5.82 Å². The van der Waals surface area contributed by atoms with Crippen molar-refractivity contribution in [1.82, 2.24) is 24.7 Å². The van der Waals surface area contributed by atoms with Crippen LogP contribution in [0.1, 0.15) is 11.5 Å². The van der Waals surface area contributed by atoms with Gasteiger partial charge < -0.3 is 4.90 Å². The largest absolute Gasteiger partial charge is 0.347 e. The number of hydrogen-bond acceptors (Lipinski definition) is 5. The fraction of sp³-hybridized carbons (Fsp3) is 0.273. The van der Waals surface area contributed by atoms with Gasteiger partial charge in [0.25, 0.3) is 0 Å². The van der Waals surface area contributed by atoms with E-state index in [4.69, 9.17) is 0 Å². The van der Waals surface area contributed by atoms with Crippen LogP contribution in [0.15, 0.2) is 17.0 Å². The van der Waals surface area contributed by atoms with Crippen LogP contribution in [0.3, 0.4) is 0 Å². The molecule has 18 heavy (non-hydrogen) atoms. The van der Waals surface area contributed by atoms with Crippen molar-refractivity contribution >= 4 is 34.0 Å². The van der Waals surface area contributed by atoms with Crippen LogP contribution in [0, 0.1) is 0 Å². The first kappa shape index (κ1) is 12.7. The summed E-state index contributed by atoms with van der Waals surface area (Å²) in [6.45, 7) is 0. The van der Waals surface area contributed by atoms with E-state index in [0.717, 1.165) is 16.0 Å². The number of anilines is 1. The lowest BCUT2D eigenvalue weighted by Crippen LogP contribution is -2.13. The van der Waals surface area contributed by atoms with E-state index in [2.05, 4.69) is 36.0 Å². The van der Waals surface area contributed by atoms with Gasteiger partial charge in [0.2, 0.25) is 5.95 Å². The van der Waals surface area contributed by atoms with Crippen LogP contribution in [-0.4, -0.2) is 38.8 Å². The zero-order chi connectivity index (χ0) is 13.1. The third-order valence-electron chi connectivity index (χ3n) is 2.30. The SMILES string of the molecule is CN(C)c1ncc(Br)c(/C=C/c2ncnn2C)n1. The highest BCUT2D eigenvalue weighted by atomic mass is 79.9. The van der Waals surface area contributed by atoms with Gasteiger partial charge in [-0.05, 0) is 28.1 Å². The quantitative estimate of drug-likeness (QED) is 0.862. The van der Waals surface area contributed by atoms with Gasteiger partial charge in [0.05, 0.1) is 10.2 Å². The van der Waals surface area contributed by atoms with Gasteiger partial charge in [-0.25, -0.2) is 19.6 Å². The summed E-state index contributed by atoms with van der Waals surface area (Å²) in [5, 5.41) is 4.00. The number of aromatic nitrogens is 5. The van der Waals surface area contributed by atoms with Crippen molar-refractivity contribution in [2.24, 2.45) is 7.05 Å². The predicted octanol–water partition coefficient (Wildman–Crippen LogP) is 1.60. The Kier molecular flexibility index (Phi) is 3.71. The van der Waals surface area contributed by atoms with Gasteiger partial charge >= 0.3 is 0 Å². The molecular weight excluding hydrogens is 296 g/mol. The molecule has 2 rings (SSSR count). The average Bonchev–Trinajstić information content (AvgIpc) is 2.73. The molecule has 0 fully saturated rings. The molecule has 6 nitrogen and oxygen atoms in total. The lowest BCUT2D eigenvalue weighted by molar-refractivity contribution is 0.757. The molecule has 94 valence electrons. The maximum Gasteiger partial charge on any atom is 0.225 e. The van der Waals surface area contributed by atoms with Crippen molar-refractivity contribution in [3.63, 3.8) is 0 Å². The predicted molar refractivity (Wildman–Crippen MR) is 74.0 cm³/mol. The molecule has 0 amide bonds. The lowest BCUT2D eigenvalue weighted by Gasteiger charge is -2.10. The molecule has 0 aliphatic heterocycles. The Hall–Kier alpha value is -1.76. The summed E-state index contributed by atoms with van der Waals surface area (Å²) in [4.78, 5) is 14.6. The standard InChI is InChI=1S/C11H13BrN6/c1-17(2)11-13-6-8(12)9(16-11)4-5-10-14-7-15-18(10)3/h4-7H,1-3H3/b5-4+. The van der Waals surface area contributed by atoms with Crippen molar-refractivity contribution in [1.29, 1.82) is 0 Å². The molecule has 0 radical (unpaired) electrons. The van der Waals surface area contributed by atoms with E-state index in [-0.39, 0.29) is 0 Å². The molecule has 7 heteroatoms. The Morgan fingerprint density at radius 2 is 2.06 bits per heavy atom. The van der Waals surface area contributed by atoms with Crippen LogP contribution in [-0.2, 0) is 7.05 Å². The molecule has 0 aliphatic carbocycles. The zero-order valence-corrected chi connectivity index (χ0v) is 12.0. The number of nitrogens with zero attached hydrogens (tertiary/aromatic N) is 6. The second kappa shape index (κ2) is 5.26. The maximum atomic E-state index is 4.42. The summed E-state index contributed by atoms with van der Waals surface area (Å²) < 4.78 is 2.53. The maximum absolute atomic E-state index is 4.42. The highest BCUT2D eigenvalue weighted by Crippen LogP contribution is 2.18. The molecule has 0 aromatic carbocycles. The van der Waals surface area contributed by atoms with Gasteiger partial charge in [0.1, 0.15) is 6.33 Å². The van der Waals surface area contributed by atoms with Gasteiger partial charge in [0, 0.05) is 27.3 Å². The van der Waals surface area contributed by atoms with Crippen molar-refractivity contribution in [2.75, 3.05) is 19.0 Å². The zero-order valence-electron chi connectivity index (χ0n) is 10.4. The minimum absolute atomic E-state index is 0.663. The van der Waals surface area contributed by atoms with E-state index >= 15 is 0 Å². The minimum atomic E-state index is 0.663. The van der Waals surface area contributed by atoms with Crippen molar-refractivity contribution in [3.8, 4) is 0 Å². The Labute approximate surface area is 114 Å². The molecule has 0 unspecified atom stereocenters. The van der Waals surface area contributed by atoms with Crippen molar-refractivity contribution in [3.05, 3.63) is 28.5 Å². The third kappa shape index (κ3) is 2.73. The molecule has 0 atom stereocenters. The van der Waals surface area contributed by atoms with Crippen molar-refractivity contribution < 1.29 is 0 Å². The first-order valence-electron chi connectivity index (χ1n) is 5.30. The topological polar surface area (TPSA) is 59.7 Å². The van der Waals surface area contributed by atoms with E-state index < -0.39 is 0 Å². The van der Waals surface area contributed by atoms with Crippen LogP contribution in [0.5, 0.6) is 0 Å². The molecule has 0 spiro atoms. The van der Waals surface area contributed by atoms with E-state index in [1.54, 1.807) is 10.9 Å². The van der Waals surface area contributed by atoms with E-state index in [1.807, 2.05) is 38.2 Å². The summed E-state index contributed by atoms with van der Waals surface area (Å²) in [6.07, 6.45) is 6.99. The molecule has 2 heterocycles. The Morgan fingerprint density at radius 1 is 1.28 bits per heavy atom. The van der Waals surface area contributed by atoms with Crippen LogP contribution in [0.4, 0.5) is 5.95 Å². The lowest BCUT2D eigenvalue weighted by atomic mass is 10.3. The van der Waals surface area contributed by atoms with Gasteiger partial charge in [-0.15, -0.1) is 0 Å². The van der Waals surface area contributed by atoms with Gasteiger partial charge in [-0.2, -0.15) is 5.10 Å². The van der Waals surface area contributed by atoms with Crippen LogP contribution in [0.2, 0.25) is 0 Å². The second-order valence-electron chi connectivity index (χ2n) is 3.87. The first-order chi connectivity index (χ1) is 8.58. The summed E-state index contributed by atoms with van der Waals surface area (Å²) in [6, 6.07) is 0. The number of rotatable bonds is 3. The molecule has 0 saturated carbocycles. The second-order valence-corrected chi connectivity index (χ2v) is 4.73. The average molecular weight is 309 g/mol. The van der Waals surface area contributed by atoms with Crippen molar-refractivity contribution in [2.45, 2.75) is 0 Å². The third-order valence-corrected chi connectivity index (χ3v) is 2.91. The summed E-state index contributed by atoms with van der Waals surface area (Å²) in [5.74, 6) is 1.43. The number of aryl methyl sites for hydroxylation is 1. The summed E-state index contributed by atoms with van der Waals surface area (Å²) >= 11 is 3.42. The highest BCUT2D eigenvalue weighted by Gasteiger charge is 2.04. The number of hydrogen-bond donors (Lipinski definition) is 0. The van der Waals surface area contributed by atoms with Crippen LogP contribution >= 0.6 is 15.9 Å². The Balaban J connectivity index is 2.31. The normalized spacial score (nSPS) is 11.1. The molecule has 2 aromatic rings. The molecule has 0 aliphatic rings. The smallest absolute Gasteiger partial charge is 0.225 e. The van der Waals surface area contributed by atoms with Crippen LogP contribution < -0.4 is 4.90 Å². The highest BCUT2D eigenvalue weighted by molar-refractivity contribution is 9.10. The van der Waals surface area contributed by atoms with Crippen LogP contribution in [0.25, 0.3) is 12.2 Å². The van der Waals surface area contributed by atoms with Gasteiger partial charge in [-0.3, -0.25) is 0 Å². The molecule has 0 N–H and O–H groups in total. The molecule has 2 aromatic heterocycles. The van der Waals surface area contributed by atoms with Gasteiger partial charge in [-0.1, -0.05) is 0 Å². The van der Waals surface area contributed by atoms with E-state index in [1.165, 1.54) is 6.33 Å². The molecule has 0 bridgehead atoms. The molecule has 0 saturated heterocycles. The number of halogens is 1. The Bertz CT molecular complexity index is 575. The first-order valence-corrected chi connectivity index (χ1v) is 6.09. The van der Waals surface area contributed by atoms with E-state index in [9.17, 15) is 0 Å². The monoisotopic (exact) mass is 308 g/mol.